The molecular formula is C10H12NO2. The van der Waals surface area contributed by atoms with Gasteiger partial charge >= 0.3 is 0 Å². The molecule has 1 radical (unpaired) electrons. The highest BCUT2D eigenvalue weighted by molar-refractivity contribution is 5.73. The molecule has 0 aliphatic rings. The maximum absolute atomic E-state index is 10.4. The first-order valence-electron chi connectivity index (χ1n) is 4.08. The zero-order valence-electron chi connectivity index (χ0n) is 7.54. The summed E-state index contributed by atoms with van der Waals surface area (Å²) in [7, 11) is 0. The van der Waals surface area contributed by atoms with Crippen LogP contribution in [0.3, 0.4) is 0 Å². The van der Waals surface area contributed by atoms with Crippen molar-refractivity contribution in [3.05, 3.63) is 29.8 Å². The van der Waals surface area contributed by atoms with Crippen LogP contribution in [0.4, 0.5) is 0 Å². The van der Waals surface area contributed by atoms with Gasteiger partial charge < -0.3 is 10.5 Å². The van der Waals surface area contributed by atoms with Crippen LogP contribution < -0.4 is 10.5 Å². The van der Waals surface area contributed by atoms with E-state index in [4.69, 9.17) is 10.5 Å². The standard InChI is InChI=1S/C10H12NO2/c1-8-3-2-4-9(7-8)13-6-5-10(11)12/h2,4,7H,5-6H2,1H3,(H2,11,12). The molecule has 69 valence electrons. The monoisotopic (exact) mass is 178 g/mol. The molecule has 0 aliphatic carbocycles. The smallest absolute Gasteiger partial charge is 0.220 e. The van der Waals surface area contributed by atoms with Crippen molar-refractivity contribution < 1.29 is 9.53 Å². The van der Waals surface area contributed by atoms with E-state index in [1.54, 1.807) is 12.1 Å². The van der Waals surface area contributed by atoms with Gasteiger partial charge in [0.1, 0.15) is 5.75 Å². The van der Waals surface area contributed by atoms with Crippen molar-refractivity contribution in [1.29, 1.82) is 0 Å². The summed E-state index contributed by atoms with van der Waals surface area (Å²) in [4.78, 5) is 10.4. The number of primary amides is 1. The van der Waals surface area contributed by atoms with E-state index in [0.717, 1.165) is 11.3 Å². The number of carbonyl (C=O) groups excluding carboxylic acids is 1. The first-order valence-corrected chi connectivity index (χ1v) is 4.08. The molecule has 0 fully saturated rings. The lowest BCUT2D eigenvalue weighted by Gasteiger charge is -2.04. The third-order valence-electron chi connectivity index (χ3n) is 1.53. The van der Waals surface area contributed by atoms with E-state index in [0.29, 0.717) is 6.61 Å². The number of amides is 1. The summed E-state index contributed by atoms with van der Waals surface area (Å²) in [5, 5.41) is 0. The van der Waals surface area contributed by atoms with Crippen LogP contribution in [0.25, 0.3) is 0 Å². The van der Waals surface area contributed by atoms with Crippen molar-refractivity contribution >= 4 is 5.91 Å². The van der Waals surface area contributed by atoms with E-state index in [1.165, 1.54) is 0 Å². The molecule has 1 rings (SSSR count). The lowest BCUT2D eigenvalue weighted by molar-refractivity contribution is -0.118. The molecule has 0 aromatic heterocycles. The Morgan fingerprint density at radius 2 is 2.46 bits per heavy atom. The lowest BCUT2D eigenvalue weighted by Crippen LogP contribution is -2.14. The number of benzene rings is 1. The number of hydrogen-bond donors (Lipinski definition) is 1. The molecule has 2 N–H and O–H groups in total. The third-order valence-corrected chi connectivity index (χ3v) is 1.53. The SMILES string of the molecule is Cc1[c]ccc(OCCC(N)=O)c1. The normalized spacial score (nSPS) is 9.62. The predicted octanol–water partition coefficient (Wildman–Crippen LogP) is 1.05. The van der Waals surface area contributed by atoms with E-state index in [1.807, 2.05) is 13.0 Å². The van der Waals surface area contributed by atoms with Crippen LogP contribution in [0.15, 0.2) is 18.2 Å². The molecule has 0 bridgehead atoms. The van der Waals surface area contributed by atoms with Crippen molar-refractivity contribution in [3.63, 3.8) is 0 Å². The van der Waals surface area contributed by atoms with Crippen molar-refractivity contribution in [3.8, 4) is 5.75 Å². The number of hydrogen-bond acceptors (Lipinski definition) is 2. The molecule has 0 heterocycles. The highest BCUT2D eigenvalue weighted by Gasteiger charge is 1.96. The summed E-state index contributed by atoms with van der Waals surface area (Å²) in [5.41, 5.74) is 5.97. The molecule has 0 saturated carbocycles. The van der Waals surface area contributed by atoms with Crippen molar-refractivity contribution in [2.24, 2.45) is 5.73 Å². The molecule has 0 unspecified atom stereocenters. The zero-order chi connectivity index (χ0) is 9.68. The van der Waals surface area contributed by atoms with Gasteiger partial charge in [-0.3, -0.25) is 4.79 Å². The minimum absolute atomic E-state index is 0.248. The van der Waals surface area contributed by atoms with Gasteiger partial charge in [-0.05, 0) is 30.7 Å². The molecular weight excluding hydrogens is 166 g/mol. The Morgan fingerprint density at radius 3 is 3.08 bits per heavy atom. The topological polar surface area (TPSA) is 52.3 Å². The molecule has 3 heteroatoms. The molecule has 3 nitrogen and oxygen atoms in total. The third kappa shape index (κ3) is 3.60. The Kier molecular flexibility index (Phi) is 3.31. The first kappa shape index (κ1) is 9.58. The number of rotatable bonds is 4. The van der Waals surface area contributed by atoms with Crippen LogP contribution in [0.5, 0.6) is 5.75 Å². The van der Waals surface area contributed by atoms with Gasteiger partial charge in [0, 0.05) is 0 Å². The maximum Gasteiger partial charge on any atom is 0.220 e. The summed E-state index contributed by atoms with van der Waals surface area (Å²) < 4.78 is 5.28. The predicted molar refractivity (Wildman–Crippen MR) is 49.3 cm³/mol. The van der Waals surface area contributed by atoms with Gasteiger partial charge in [-0.15, -0.1) is 0 Å². The Bertz CT molecular complexity index is 297. The van der Waals surface area contributed by atoms with Crippen molar-refractivity contribution in [1.82, 2.24) is 0 Å². The van der Waals surface area contributed by atoms with Crippen molar-refractivity contribution in [2.75, 3.05) is 6.61 Å². The molecule has 0 saturated heterocycles. The highest BCUT2D eigenvalue weighted by atomic mass is 16.5. The molecule has 1 aromatic rings. The first-order chi connectivity index (χ1) is 6.18. The number of ether oxygens (including phenoxy) is 1. The van der Waals surface area contributed by atoms with Gasteiger partial charge in [0.25, 0.3) is 0 Å². The average Bonchev–Trinajstić information content (AvgIpc) is 2.03. The fourth-order valence-electron chi connectivity index (χ4n) is 0.918. The number of aryl methyl sites for hydroxylation is 1. The largest absolute Gasteiger partial charge is 0.493 e. The molecule has 13 heavy (non-hydrogen) atoms. The second-order valence-corrected chi connectivity index (χ2v) is 2.77. The summed E-state index contributed by atoms with van der Waals surface area (Å²) in [6.45, 7) is 2.26. The fourth-order valence-corrected chi connectivity index (χ4v) is 0.918. The minimum Gasteiger partial charge on any atom is -0.493 e. The second-order valence-electron chi connectivity index (χ2n) is 2.77. The van der Waals surface area contributed by atoms with Crippen LogP contribution in [-0.2, 0) is 4.79 Å². The minimum atomic E-state index is -0.348. The summed E-state index contributed by atoms with van der Waals surface area (Å²) >= 11 is 0. The van der Waals surface area contributed by atoms with E-state index in [9.17, 15) is 4.79 Å². The van der Waals surface area contributed by atoms with Crippen LogP contribution in [0, 0.1) is 13.0 Å². The number of carbonyl (C=O) groups is 1. The van der Waals surface area contributed by atoms with Gasteiger partial charge in [0.15, 0.2) is 0 Å². The quantitative estimate of drug-likeness (QED) is 0.749. The maximum atomic E-state index is 10.4. The van der Waals surface area contributed by atoms with Gasteiger partial charge in [-0.2, -0.15) is 0 Å². The van der Waals surface area contributed by atoms with Crippen molar-refractivity contribution in [2.45, 2.75) is 13.3 Å². The van der Waals surface area contributed by atoms with Crippen LogP contribution in [-0.4, -0.2) is 12.5 Å². The van der Waals surface area contributed by atoms with E-state index in [-0.39, 0.29) is 12.3 Å². The molecule has 1 aromatic carbocycles. The molecule has 0 aliphatic heterocycles. The van der Waals surface area contributed by atoms with Crippen LogP contribution in [0.1, 0.15) is 12.0 Å². The van der Waals surface area contributed by atoms with E-state index >= 15 is 0 Å². The summed E-state index contributed by atoms with van der Waals surface area (Å²) in [5.74, 6) is 0.400. The number of nitrogens with two attached hydrogens (primary N) is 1. The van der Waals surface area contributed by atoms with Gasteiger partial charge in [0.2, 0.25) is 5.91 Å². The van der Waals surface area contributed by atoms with Crippen LogP contribution >= 0.6 is 0 Å². The van der Waals surface area contributed by atoms with Crippen LogP contribution in [0.2, 0.25) is 0 Å². The second kappa shape index (κ2) is 4.50. The Labute approximate surface area is 77.5 Å². The Balaban J connectivity index is 2.41. The molecule has 1 amide bonds. The van der Waals surface area contributed by atoms with E-state index < -0.39 is 0 Å². The summed E-state index contributed by atoms with van der Waals surface area (Å²) in [6.07, 6.45) is 0.248. The van der Waals surface area contributed by atoms with Gasteiger partial charge in [0.05, 0.1) is 13.0 Å². The Morgan fingerprint density at radius 1 is 1.69 bits per heavy atom. The molecule has 0 atom stereocenters. The van der Waals surface area contributed by atoms with Gasteiger partial charge in [-0.25, -0.2) is 0 Å². The average molecular weight is 178 g/mol. The summed E-state index contributed by atoms with van der Waals surface area (Å²) in [6, 6.07) is 8.45. The fraction of sp³-hybridized carbons (Fsp3) is 0.300. The van der Waals surface area contributed by atoms with Gasteiger partial charge in [-0.1, -0.05) is 6.07 Å². The lowest BCUT2D eigenvalue weighted by atomic mass is 10.2. The van der Waals surface area contributed by atoms with E-state index in [2.05, 4.69) is 6.07 Å². The Hall–Kier alpha value is -1.51. The molecule has 0 spiro atoms. The highest BCUT2D eigenvalue weighted by Crippen LogP contribution is 2.11. The zero-order valence-corrected chi connectivity index (χ0v) is 7.54.